The molecule has 0 unspecified atom stereocenters. The number of aryl methyl sites for hydroxylation is 1. The van der Waals surface area contributed by atoms with Crippen molar-refractivity contribution in [1.29, 1.82) is 0 Å². The van der Waals surface area contributed by atoms with E-state index in [1.165, 1.54) is 19.3 Å². The Labute approximate surface area is 131 Å². The third-order valence-electron chi connectivity index (χ3n) is 4.67. The molecule has 1 fully saturated rings. The maximum absolute atomic E-state index is 5.81. The van der Waals surface area contributed by atoms with Crippen molar-refractivity contribution >= 4 is 0 Å². The van der Waals surface area contributed by atoms with Crippen molar-refractivity contribution in [2.75, 3.05) is 13.7 Å². The van der Waals surface area contributed by atoms with Crippen LogP contribution in [-0.4, -0.2) is 29.5 Å². The lowest BCUT2D eigenvalue weighted by molar-refractivity contribution is -0.0377. The van der Waals surface area contributed by atoms with Crippen LogP contribution in [0.3, 0.4) is 0 Å². The molecule has 2 N–H and O–H groups in total. The number of hydrogen-bond donors (Lipinski definition) is 2. The number of ether oxygens (including phenoxy) is 1. The lowest BCUT2D eigenvalue weighted by atomic mass is 9.84. The summed E-state index contributed by atoms with van der Waals surface area (Å²) in [5.74, 6) is 1.75. The van der Waals surface area contributed by atoms with E-state index in [1.807, 2.05) is 32.4 Å². The molecule has 0 amide bonds. The van der Waals surface area contributed by atoms with Crippen LogP contribution >= 0.6 is 0 Å². The van der Waals surface area contributed by atoms with Crippen LogP contribution < -0.4 is 5.32 Å². The topological polar surface area (TPSA) is 63.1 Å². The number of nitrogens with zero attached hydrogens (tertiary/aromatic N) is 1. The van der Waals surface area contributed by atoms with Gasteiger partial charge in [0.2, 0.25) is 0 Å². The van der Waals surface area contributed by atoms with Gasteiger partial charge in [0, 0.05) is 25.8 Å². The smallest absolute Gasteiger partial charge is 0.152 e. The van der Waals surface area contributed by atoms with Crippen LogP contribution in [0.1, 0.15) is 43.4 Å². The highest BCUT2D eigenvalue weighted by Crippen LogP contribution is 2.30. The van der Waals surface area contributed by atoms with Gasteiger partial charge in [0.1, 0.15) is 11.5 Å². The Kier molecular flexibility index (Phi) is 4.64. The van der Waals surface area contributed by atoms with Gasteiger partial charge in [-0.3, -0.25) is 5.10 Å². The molecular weight excluding hydrogens is 278 g/mol. The zero-order valence-corrected chi connectivity index (χ0v) is 13.4. The first-order valence-corrected chi connectivity index (χ1v) is 8.07. The van der Waals surface area contributed by atoms with E-state index in [0.29, 0.717) is 0 Å². The largest absolute Gasteiger partial charge is 0.460 e. The summed E-state index contributed by atoms with van der Waals surface area (Å²) < 4.78 is 11.5. The molecule has 5 heteroatoms. The summed E-state index contributed by atoms with van der Waals surface area (Å²) in [5, 5.41) is 10.7. The van der Waals surface area contributed by atoms with Crippen molar-refractivity contribution in [3.63, 3.8) is 0 Å². The van der Waals surface area contributed by atoms with Crippen molar-refractivity contribution in [3.8, 4) is 11.5 Å². The van der Waals surface area contributed by atoms with Gasteiger partial charge in [0.05, 0.1) is 11.8 Å². The number of aromatic nitrogens is 2. The molecular formula is C17H25N3O2. The summed E-state index contributed by atoms with van der Waals surface area (Å²) in [6, 6.07) is 3.94. The van der Waals surface area contributed by atoms with Crippen molar-refractivity contribution in [2.45, 2.75) is 51.2 Å². The fourth-order valence-corrected chi connectivity index (χ4v) is 3.30. The van der Waals surface area contributed by atoms with Crippen molar-refractivity contribution in [2.24, 2.45) is 0 Å². The summed E-state index contributed by atoms with van der Waals surface area (Å²) >= 11 is 0. The highest BCUT2D eigenvalue weighted by atomic mass is 16.5. The van der Waals surface area contributed by atoms with E-state index in [1.54, 1.807) is 0 Å². The average molecular weight is 303 g/mol. The third-order valence-corrected chi connectivity index (χ3v) is 4.67. The molecule has 1 aliphatic carbocycles. The van der Waals surface area contributed by atoms with Crippen LogP contribution in [0.15, 0.2) is 22.7 Å². The molecule has 3 rings (SSSR count). The standard InChI is InChI=1S/C17H25N3O2/c1-13-6-7-15(22-13)16-14(11-19-20-16)10-18-12-17(21-2)8-4-3-5-9-17/h6-7,11,18H,3-5,8-10,12H2,1-2H3,(H,19,20). The quantitative estimate of drug-likeness (QED) is 0.858. The third kappa shape index (κ3) is 3.25. The van der Waals surface area contributed by atoms with Crippen molar-refractivity contribution in [3.05, 3.63) is 29.7 Å². The van der Waals surface area contributed by atoms with Crippen LogP contribution in [0.5, 0.6) is 0 Å². The van der Waals surface area contributed by atoms with Crippen LogP contribution in [-0.2, 0) is 11.3 Å². The first-order valence-electron chi connectivity index (χ1n) is 8.07. The van der Waals surface area contributed by atoms with Gasteiger partial charge in [-0.15, -0.1) is 0 Å². The first kappa shape index (κ1) is 15.3. The van der Waals surface area contributed by atoms with Gasteiger partial charge < -0.3 is 14.5 Å². The lowest BCUT2D eigenvalue weighted by Crippen LogP contribution is -2.43. The fraction of sp³-hybridized carbons (Fsp3) is 0.588. The van der Waals surface area contributed by atoms with E-state index < -0.39 is 0 Å². The summed E-state index contributed by atoms with van der Waals surface area (Å²) in [6.45, 7) is 3.59. The Morgan fingerprint density at radius 3 is 2.82 bits per heavy atom. The molecule has 2 aromatic heterocycles. The van der Waals surface area contributed by atoms with Crippen molar-refractivity contribution in [1.82, 2.24) is 15.5 Å². The van der Waals surface area contributed by atoms with Crippen LogP contribution in [0.25, 0.3) is 11.5 Å². The highest BCUT2D eigenvalue weighted by Gasteiger charge is 2.31. The van der Waals surface area contributed by atoms with E-state index in [4.69, 9.17) is 9.15 Å². The van der Waals surface area contributed by atoms with E-state index in [9.17, 15) is 0 Å². The molecule has 0 saturated heterocycles. The van der Waals surface area contributed by atoms with Crippen LogP contribution in [0, 0.1) is 6.92 Å². The number of aromatic amines is 1. The molecule has 0 radical (unpaired) electrons. The first-order chi connectivity index (χ1) is 10.7. The van der Waals surface area contributed by atoms with Crippen LogP contribution in [0.2, 0.25) is 0 Å². The SMILES string of the molecule is COC1(CNCc2cn[nH]c2-c2ccc(C)o2)CCCCC1. The van der Waals surface area contributed by atoms with E-state index in [-0.39, 0.29) is 5.60 Å². The Hall–Kier alpha value is -1.59. The molecule has 0 aromatic carbocycles. The van der Waals surface area contributed by atoms with Gasteiger partial charge in [-0.1, -0.05) is 19.3 Å². The Morgan fingerprint density at radius 1 is 1.32 bits per heavy atom. The lowest BCUT2D eigenvalue weighted by Gasteiger charge is -2.36. The minimum Gasteiger partial charge on any atom is -0.460 e. The van der Waals surface area contributed by atoms with E-state index in [0.717, 1.165) is 48.7 Å². The molecule has 2 heterocycles. The average Bonchev–Trinajstić information content (AvgIpc) is 3.17. The Balaban J connectivity index is 1.61. The molecule has 1 aliphatic rings. The second-order valence-electron chi connectivity index (χ2n) is 6.23. The van der Waals surface area contributed by atoms with Gasteiger partial charge in [-0.25, -0.2) is 0 Å². The second-order valence-corrected chi connectivity index (χ2v) is 6.23. The molecule has 1 saturated carbocycles. The van der Waals surface area contributed by atoms with E-state index >= 15 is 0 Å². The fourth-order valence-electron chi connectivity index (χ4n) is 3.30. The van der Waals surface area contributed by atoms with Gasteiger partial charge in [0.25, 0.3) is 0 Å². The maximum atomic E-state index is 5.81. The maximum Gasteiger partial charge on any atom is 0.152 e. The summed E-state index contributed by atoms with van der Waals surface area (Å²) in [5.41, 5.74) is 2.08. The normalized spacial score (nSPS) is 17.7. The number of rotatable bonds is 6. The predicted molar refractivity (Wildman–Crippen MR) is 85.6 cm³/mol. The zero-order chi connectivity index (χ0) is 15.4. The molecule has 0 atom stereocenters. The van der Waals surface area contributed by atoms with Crippen molar-refractivity contribution < 1.29 is 9.15 Å². The number of nitrogens with one attached hydrogen (secondary N) is 2. The number of hydrogen-bond acceptors (Lipinski definition) is 4. The zero-order valence-electron chi connectivity index (χ0n) is 13.4. The Morgan fingerprint density at radius 2 is 2.14 bits per heavy atom. The van der Waals surface area contributed by atoms with Crippen LogP contribution in [0.4, 0.5) is 0 Å². The highest BCUT2D eigenvalue weighted by molar-refractivity contribution is 5.56. The second kappa shape index (κ2) is 6.67. The minimum atomic E-state index is 0.00339. The molecule has 0 aliphatic heterocycles. The summed E-state index contributed by atoms with van der Waals surface area (Å²) in [4.78, 5) is 0. The number of H-pyrrole nitrogens is 1. The molecule has 0 bridgehead atoms. The molecule has 0 spiro atoms. The monoisotopic (exact) mass is 303 g/mol. The molecule has 22 heavy (non-hydrogen) atoms. The Bertz CT molecular complexity index is 597. The molecule has 120 valence electrons. The summed E-state index contributed by atoms with van der Waals surface area (Å²) in [6.07, 6.45) is 8.00. The van der Waals surface area contributed by atoms with Gasteiger partial charge in [-0.05, 0) is 31.9 Å². The minimum absolute atomic E-state index is 0.00339. The molecule has 5 nitrogen and oxygen atoms in total. The number of furan rings is 1. The number of methoxy groups -OCH3 is 1. The van der Waals surface area contributed by atoms with Gasteiger partial charge in [0.15, 0.2) is 5.76 Å². The summed E-state index contributed by atoms with van der Waals surface area (Å²) in [7, 11) is 1.84. The molecule has 2 aromatic rings. The van der Waals surface area contributed by atoms with Gasteiger partial charge >= 0.3 is 0 Å². The predicted octanol–water partition coefficient (Wildman–Crippen LogP) is 3.42. The van der Waals surface area contributed by atoms with E-state index in [2.05, 4.69) is 15.5 Å². The van der Waals surface area contributed by atoms with Gasteiger partial charge in [-0.2, -0.15) is 5.10 Å².